The molecular formula is C17H18O3. The summed E-state index contributed by atoms with van der Waals surface area (Å²) in [5, 5.41) is 18.1. The summed E-state index contributed by atoms with van der Waals surface area (Å²) in [6.45, 7) is 0.0622. The van der Waals surface area contributed by atoms with Crippen molar-refractivity contribution in [1.82, 2.24) is 0 Å². The number of rotatable bonds is 6. The van der Waals surface area contributed by atoms with Gasteiger partial charge in [-0.2, -0.15) is 0 Å². The third kappa shape index (κ3) is 3.32. The zero-order chi connectivity index (χ0) is 14.4. The quantitative estimate of drug-likeness (QED) is 0.789. The molecule has 0 saturated heterocycles. The van der Waals surface area contributed by atoms with E-state index in [0.29, 0.717) is 24.0 Å². The van der Waals surface area contributed by atoms with E-state index in [4.69, 9.17) is 10.2 Å². The molecule has 0 aliphatic heterocycles. The topological polar surface area (TPSA) is 57.5 Å². The highest BCUT2D eigenvalue weighted by Gasteiger charge is 2.14. The molecule has 2 N–H and O–H groups in total. The third-order valence-corrected chi connectivity index (χ3v) is 3.24. The van der Waals surface area contributed by atoms with Gasteiger partial charge in [0, 0.05) is 24.3 Å². The van der Waals surface area contributed by atoms with Crippen molar-refractivity contribution in [3.63, 3.8) is 0 Å². The first-order chi connectivity index (χ1) is 9.76. The van der Waals surface area contributed by atoms with Crippen LogP contribution in [0.5, 0.6) is 0 Å². The Balaban J connectivity index is 2.41. The van der Waals surface area contributed by atoms with E-state index in [2.05, 4.69) is 0 Å². The molecule has 3 nitrogen and oxygen atoms in total. The molecule has 0 unspecified atom stereocenters. The molecule has 2 aromatic carbocycles. The summed E-state index contributed by atoms with van der Waals surface area (Å²) in [6.07, 6.45) is 0.974. The molecule has 2 aromatic rings. The maximum atomic E-state index is 12.6. The molecule has 20 heavy (non-hydrogen) atoms. The van der Waals surface area contributed by atoms with Gasteiger partial charge in [-0.25, -0.2) is 0 Å². The zero-order valence-electron chi connectivity index (χ0n) is 11.2. The highest BCUT2D eigenvalue weighted by atomic mass is 16.3. The van der Waals surface area contributed by atoms with Gasteiger partial charge in [0.05, 0.1) is 0 Å². The van der Waals surface area contributed by atoms with E-state index in [-0.39, 0.29) is 19.0 Å². The molecule has 2 rings (SSSR count). The summed E-state index contributed by atoms with van der Waals surface area (Å²) in [5.74, 6) is -0.0474. The van der Waals surface area contributed by atoms with Crippen LogP contribution in [0.4, 0.5) is 0 Å². The van der Waals surface area contributed by atoms with Gasteiger partial charge in [-0.15, -0.1) is 0 Å². The molecule has 0 aliphatic carbocycles. The molecule has 0 fully saturated rings. The first kappa shape index (κ1) is 14.4. The van der Waals surface area contributed by atoms with Crippen molar-refractivity contribution < 1.29 is 15.0 Å². The Morgan fingerprint density at radius 2 is 1.60 bits per heavy atom. The minimum atomic E-state index is -0.0474. The van der Waals surface area contributed by atoms with Crippen molar-refractivity contribution in [2.24, 2.45) is 0 Å². The number of hydrogen-bond acceptors (Lipinski definition) is 3. The van der Waals surface area contributed by atoms with Crippen LogP contribution in [-0.2, 0) is 12.8 Å². The van der Waals surface area contributed by atoms with Crippen molar-refractivity contribution in [3.8, 4) is 0 Å². The van der Waals surface area contributed by atoms with Gasteiger partial charge in [0.25, 0.3) is 0 Å². The average Bonchev–Trinajstić information content (AvgIpc) is 2.49. The molecule has 0 amide bonds. The van der Waals surface area contributed by atoms with E-state index in [1.165, 1.54) is 0 Å². The van der Waals surface area contributed by atoms with E-state index < -0.39 is 0 Å². The molecule has 0 aromatic heterocycles. The van der Waals surface area contributed by atoms with Gasteiger partial charge < -0.3 is 10.2 Å². The van der Waals surface area contributed by atoms with Crippen LogP contribution in [0, 0.1) is 0 Å². The first-order valence-electron chi connectivity index (χ1n) is 6.69. The Bertz CT molecular complexity index is 576. The Morgan fingerprint density at radius 1 is 0.900 bits per heavy atom. The van der Waals surface area contributed by atoms with Gasteiger partial charge >= 0.3 is 0 Å². The van der Waals surface area contributed by atoms with Crippen molar-refractivity contribution in [2.45, 2.75) is 12.8 Å². The van der Waals surface area contributed by atoms with Crippen LogP contribution >= 0.6 is 0 Å². The minimum Gasteiger partial charge on any atom is -0.396 e. The summed E-state index contributed by atoms with van der Waals surface area (Å²) in [4.78, 5) is 12.6. The number of benzene rings is 2. The van der Waals surface area contributed by atoms with Crippen molar-refractivity contribution in [1.29, 1.82) is 0 Å². The number of hydrogen-bond donors (Lipinski definition) is 2. The summed E-state index contributed by atoms with van der Waals surface area (Å²) >= 11 is 0. The van der Waals surface area contributed by atoms with Crippen molar-refractivity contribution in [3.05, 3.63) is 70.8 Å². The van der Waals surface area contributed by atoms with Crippen molar-refractivity contribution in [2.75, 3.05) is 13.2 Å². The third-order valence-electron chi connectivity index (χ3n) is 3.24. The fourth-order valence-electron chi connectivity index (χ4n) is 2.20. The molecule has 0 heterocycles. The summed E-state index contributed by atoms with van der Waals surface area (Å²) in [5.41, 5.74) is 3.00. The largest absolute Gasteiger partial charge is 0.396 e. The van der Waals surface area contributed by atoms with Crippen LogP contribution in [0.25, 0.3) is 0 Å². The molecule has 3 heteroatoms. The van der Waals surface area contributed by atoms with Crippen LogP contribution in [0.15, 0.2) is 48.5 Å². The monoisotopic (exact) mass is 270 g/mol. The second-order valence-corrected chi connectivity index (χ2v) is 4.63. The maximum absolute atomic E-state index is 12.6. The summed E-state index contributed by atoms with van der Waals surface area (Å²) in [6, 6.07) is 14.7. The van der Waals surface area contributed by atoms with Gasteiger partial charge in [0.15, 0.2) is 5.78 Å². The smallest absolute Gasteiger partial charge is 0.193 e. The van der Waals surface area contributed by atoms with E-state index in [9.17, 15) is 4.79 Å². The second-order valence-electron chi connectivity index (χ2n) is 4.63. The molecule has 104 valence electrons. The SMILES string of the molecule is O=C(c1ccccc1)c1cc(CCO)ccc1CCO. The fraction of sp³-hybridized carbons (Fsp3) is 0.235. The summed E-state index contributed by atoms with van der Waals surface area (Å²) in [7, 11) is 0. The van der Waals surface area contributed by atoms with E-state index in [1.54, 1.807) is 12.1 Å². The second kappa shape index (κ2) is 6.98. The number of carbonyl (C=O) groups is 1. The van der Waals surface area contributed by atoms with Crippen LogP contribution < -0.4 is 0 Å². The van der Waals surface area contributed by atoms with Crippen LogP contribution in [0.3, 0.4) is 0 Å². The minimum absolute atomic E-state index is 0.00835. The molecule has 0 saturated carbocycles. The molecule has 0 bridgehead atoms. The highest BCUT2D eigenvalue weighted by Crippen LogP contribution is 2.18. The van der Waals surface area contributed by atoms with Gasteiger partial charge in [-0.3, -0.25) is 4.79 Å². The van der Waals surface area contributed by atoms with Crippen LogP contribution in [0.2, 0.25) is 0 Å². The first-order valence-corrected chi connectivity index (χ1v) is 6.69. The van der Waals surface area contributed by atoms with Crippen molar-refractivity contribution >= 4 is 5.78 Å². The molecule has 0 radical (unpaired) electrons. The standard InChI is InChI=1S/C17H18O3/c18-10-8-13-6-7-14(9-11-19)16(12-13)17(20)15-4-2-1-3-5-15/h1-7,12,18-19H,8-11H2. The Morgan fingerprint density at radius 3 is 2.25 bits per heavy atom. The average molecular weight is 270 g/mol. The Hall–Kier alpha value is -1.97. The van der Waals surface area contributed by atoms with Gasteiger partial charge in [-0.05, 0) is 30.0 Å². The van der Waals surface area contributed by atoms with Gasteiger partial charge in [0.1, 0.15) is 0 Å². The molecule has 0 aliphatic rings. The number of aliphatic hydroxyl groups is 2. The number of carbonyl (C=O) groups excluding carboxylic acids is 1. The number of aliphatic hydroxyl groups excluding tert-OH is 2. The Labute approximate surface area is 118 Å². The maximum Gasteiger partial charge on any atom is 0.193 e. The van der Waals surface area contributed by atoms with Crippen LogP contribution in [-0.4, -0.2) is 29.2 Å². The molecular weight excluding hydrogens is 252 g/mol. The lowest BCUT2D eigenvalue weighted by Gasteiger charge is -2.10. The van der Waals surface area contributed by atoms with E-state index >= 15 is 0 Å². The summed E-state index contributed by atoms with van der Waals surface area (Å²) < 4.78 is 0. The molecule has 0 atom stereocenters. The lowest BCUT2D eigenvalue weighted by Crippen LogP contribution is -2.08. The normalized spacial score (nSPS) is 10.5. The lowest BCUT2D eigenvalue weighted by atomic mass is 9.94. The zero-order valence-corrected chi connectivity index (χ0v) is 11.2. The van der Waals surface area contributed by atoms with Gasteiger partial charge in [0.2, 0.25) is 0 Å². The van der Waals surface area contributed by atoms with Gasteiger partial charge in [-0.1, -0.05) is 42.5 Å². The molecule has 0 spiro atoms. The highest BCUT2D eigenvalue weighted by molar-refractivity contribution is 6.10. The Kier molecular flexibility index (Phi) is 5.04. The lowest BCUT2D eigenvalue weighted by molar-refractivity contribution is 0.103. The van der Waals surface area contributed by atoms with E-state index in [1.807, 2.05) is 36.4 Å². The predicted octanol–water partition coefficient (Wildman–Crippen LogP) is 1.99. The predicted molar refractivity (Wildman–Crippen MR) is 77.9 cm³/mol. The number of ketones is 1. The van der Waals surface area contributed by atoms with Crippen LogP contribution in [0.1, 0.15) is 27.0 Å². The fourth-order valence-corrected chi connectivity index (χ4v) is 2.20. The van der Waals surface area contributed by atoms with E-state index in [0.717, 1.165) is 11.1 Å².